The van der Waals surface area contributed by atoms with Crippen LogP contribution in [0.1, 0.15) is 12.8 Å². The number of esters is 1. The molecular weight excluding hydrogens is 185 g/mol. The number of alkyl halides is 1. The second-order valence-corrected chi connectivity index (χ2v) is 4.13. The van der Waals surface area contributed by atoms with E-state index >= 15 is 0 Å². The molecule has 2 atom stereocenters. The summed E-state index contributed by atoms with van der Waals surface area (Å²) in [6.07, 6.45) is -0.124. The average Bonchev–Trinajstić information content (AvgIpc) is 2.55. The molecule has 3 nitrogen and oxygen atoms in total. The first kappa shape index (κ1) is 9.65. The molecule has 0 amide bonds. The molecule has 1 unspecified atom stereocenters. The van der Waals surface area contributed by atoms with Crippen molar-refractivity contribution in [1.29, 1.82) is 0 Å². The van der Waals surface area contributed by atoms with E-state index in [-0.39, 0.29) is 12.4 Å². The maximum Gasteiger partial charge on any atom is 0.326 e. The number of ether oxygens (including phenoxy) is 1. The lowest BCUT2D eigenvalue weighted by molar-refractivity contribution is -0.151. The Balaban J connectivity index is 2.29. The summed E-state index contributed by atoms with van der Waals surface area (Å²) in [7, 11) is 1.35. The Bertz CT molecular complexity index is 292. The first-order valence-electron chi connectivity index (χ1n) is 4.73. The van der Waals surface area contributed by atoms with E-state index in [0.29, 0.717) is 19.5 Å². The van der Waals surface area contributed by atoms with Gasteiger partial charge in [0.05, 0.1) is 7.11 Å². The van der Waals surface area contributed by atoms with Crippen molar-refractivity contribution < 1.29 is 13.9 Å². The second kappa shape index (κ2) is 3.05. The number of nitrogens with zero attached hydrogens (tertiary/aromatic N) is 1. The normalized spacial score (nSPS) is 37.3. The molecule has 0 aromatic carbocycles. The number of hydrogen-bond donors (Lipinski definition) is 0. The molecule has 2 aliphatic rings. The molecule has 78 valence electrons. The highest BCUT2D eigenvalue weighted by Crippen LogP contribution is 2.42. The lowest BCUT2D eigenvalue weighted by atomic mass is 9.92. The summed E-state index contributed by atoms with van der Waals surface area (Å²) < 4.78 is 18.0. The average molecular weight is 199 g/mol. The monoisotopic (exact) mass is 199 g/mol. The van der Waals surface area contributed by atoms with E-state index in [1.54, 1.807) is 0 Å². The van der Waals surface area contributed by atoms with Crippen LogP contribution in [0.2, 0.25) is 0 Å². The fourth-order valence-electron chi connectivity index (χ4n) is 2.59. The zero-order valence-corrected chi connectivity index (χ0v) is 8.25. The van der Waals surface area contributed by atoms with Gasteiger partial charge in [-0.2, -0.15) is 0 Å². The summed E-state index contributed by atoms with van der Waals surface area (Å²) in [6, 6.07) is 0. The zero-order chi connectivity index (χ0) is 10.3. The van der Waals surface area contributed by atoms with E-state index in [9.17, 15) is 9.18 Å². The fraction of sp³-hybridized carbons (Fsp3) is 0.700. The van der Waals surface area contributed by atoms with E-state index in [0.717, 1.165) is 5.57 Å². The van der Waals surface area contributed by atoms with Crippen molar-refractivity contribution in [3.63, 3.8) is 0 Å². The Hall–Kier alpha value is -0.900. The molecule has 0 saturated carbocycles. The molecule has 4 heteroatoms. The van der Waals surface area contributed by atoms with E-state index < -0.39 is 11.7 Å². The first-order chi connectivity index (χ1) is 6.58. The van der Waals surface area contributed by atoms with E-state index in [1.165, 1.54) is 7.11 Å². The van der Waals surface area contributed by atoms with Crippen LogP contribution in [0, 0.1) is 0 Å². The quantitative estimate of drug-likeness (QED) is 0.464. The minimum Gasteiger partial charge on any atom is -0.468 e. The van der Waals surface area contributed by atoms with Gasteiger partial charge in [-0.25, -0.2) is 4.39 Å². The Kier molecular flexibility index (Phi) is 2.10. The number of methoxy groups -OCH3 is 1. The van der Waals surface area contributed by atoms with Gasteiger partial charge in [0.1, 0.15) is 11.7 Å². The highest BCUT2D eigenvalue weighted by molar-refractivity contribution is 5.82. The molecule has 2 heterocycles. The van der Waals surface area contributed by atoms with Gasteiger partial charge in [0.15, 0.2) is 0 Å². The lowest BCUT2D eigenvalue weighted by Crippen LogP contribution is -2.46. The Morgan fingerprint density at radius 2 is 2.50 bits per heavy atom. The van der Waals surface area contributed by atoms with Crippen LogP contribution in [-0.2, 0) is 9.53 Å². The number of hydrogen-bond acceptors (Lipinski definition) is 3. The molecule has 14 heavy (non-hydrogen) atoms. The van der Waals surface area contributed by atoms with Crippen molar-refractivity contribution in [2.75, 3.05) is 20.2 Å². The van der Waals surface area contributed by atoms with Crippen molar-refractivity contribution in [3.8, 4) is 0 Å². The molecule has 0 aliphatic carbocycles. The predicted octanol–water partition coefficient (Wildman–Crippen LogP) is 0.902. The van der Waals surface area contributed by atoms with Gasteiger partial charge in [-0.15, -0.1) is 0 Å². The maximum atomic E-state index is 13.2. The third-order valence-corrected chi connectivity index (χ3v) is 3.11. The minimum absolute atomic E-state index is 0.249. The third kappa shape index (κ3) is 1.17. The van der Waals surface area contributed by atoms with Gasteiger partial charge in [0.25, 0.3) is 0 Å². The largest absolute Gasteiger partial charge is 0.468 e. The van der Waals surface area contributed by atoms with E-state index in [4.69, 9.17) is 4.74 Å². The number of halogens is 1. The standard InChI is InChI=1S/C10H14FNO2/c1-7-3-10(9(13)14-2)4-8(11)6-12(10)5-7/h8H,1,3-6H2,2H3/t8?,10-/m0/s1. The summed E-state index contributed by atoms with van der Waals surface area (Å²) in [6.45, 7) is 4.80. The van der Waals surface area contributed by atoms with Gasteiger partial charge in [0, 0.05) is 19.5 Å². The van der Waals surface area contributed by atoms with Gasteiger partial charge in [-0.3, -0.25) is 9.69 Å². The van der Waals surface area contributed by atoms with Crippen LogP contribution < -0.4 is 0 Å². The number of fused-ring (bicyclic) bond motifs is 1. The molecular formula is C10H14FNO2. The Morgan fingerprint density at radius 1 is 1.79 bits per heavy atom. The molecule has 2 rings (SSSR count). The van der Waals surface area contributed by atoms with Gasteiger partial charge in [0.2, 0.25) is 0 Å². The van der Waals surface area contributed by atoms with Crippen molar-refractivity contribution in [2.45, 2.75) is 24.6 Å². The van der Waals surface area contributed by atoms with Crippen molar-refractivity contribution >= 4 is 5.97 Å². The van der Waals surface area contributed by atoms with Gasteiger partial charge in [-0.1, -0.05) is 12.2 Å². The molecule has 0 bridgehead atoms. The Labute approximate surface area is 82.5 Å². The second-order valence-electron chi connectivity index (χ2n) is 4.13. The number of rotatable bonds is 1. The molecule has 0 aromatic heterocycles. The molecule has 2 aliphatic heterocycles. The zero-order valence-electron chi connectivity index (χ0n) is 8.25. The molecule has 0 radical (unpaired) electrons. The van der Waals surface area contributed by atoms with Crippen LogP contribution in [0.4, 0.5) is 4.39 Å². The maximum absolute atomic E-state index is 13.2. The molecule has 2 fully saturated rings. The number of carbonyl (C=O) groups excluding carboxylic acids is 1. The van der Waals surface area contributed by atoms with Crippen molar-refractivity contribution in [3.05, 3.63) is 12.2 Å². The van der Waals surface area contributed by atoms with Crippen LogP contribution >= 0.6 is 0 Å². The fourth-order valence-corrected chi connectivity index (χ4v) is 2.59. The van der Waals surface area contributed by atoms with Gasteiger partial charge in [-0.05, 0) is 6.42 Å². The molecule has 2 saturated heterocycles. The van der Waals surface area contributed by atoms with Gasteiger partial charge < -0.3 is 4.74 Å². The summed E-state index contributed by atoms with van der Waals surface area (Å²) in [4.78, 5) is 13.5. The smallest absolute Gasteiger partial charge is 0.326 e. The van der Waals surface area contributed by atoms with Crippen LogP contribution in [0.15, 0.2) is 12.2 Å². The highest BCUT2D eigenvalue weighted by atomic mass is 19.1. The van der Waals surface area contributed by atoms with E-state index in [2.05, 4.69) is 6.58 Å². The van der Waals surface area contributed by atoms with Crippen LogP contribution in [-0.4, -0.2) is 42.8 Å². The SMILES string of the molecule is C=C1CN2CC(F)C[C@]2(C(=O)OC)C1. The number of carbonyl (C=O) groups is 1. The van der Waals surface area contributed by atoms with E-state index in [1.807, 2.05) is 4.90 Å². The van der Waals surface area contributed by atoms with Gasteiger partial charge >= 0.3 is 5.97 Å². The molecule has 0 aromatic rings. The third-order valence-electron chi connectivity index (χ3n) is 3.11. The predicted molar refractivity (Wildman–Crippen MR) is 49.6 cm³/mol. The van der Waals surface area contributed by atoms with Crippen molar-refractivity contribution in [1.82, 2.24) is 4.90 Å². The van der Waals surface area contributed by atoms with Crippen LogP contribution in [0.5, 0.6) is 0 Å². The Morgan fingerprint density at radius 3 is 3.14 bits per heavy atom. The topological polar surface area (TPSA) is 29.5 Å². The summed E-state index contributed by atoms with van der Waals surface area (Å²) in [5, 5.41) is 0. The molecule has 0 spiro atoms. The summed E-state index contributed by atoms with van der Waals surface area (Å²) in [5.74, 6) is -0.323. The molecule has 0 N–H and O–H groups in total. The van der Waals surface area contributed by atoms with Crippen LogP contribution in [0.25, 0.3) is 0 Å². The first-order valence-corrected chi connectivity index (χ1v) is 4.73. The van der Waals surface area contributed by atoms with Crippen molar-refractivity contribution in [2.24, 2.45) is 0 Å². The minimum atomic E-state index is -0.915. The lowest BCUT2D eigenvalue weighted by Gasteiger charge is -2.27. The summed E-state index contributed by atoms with van der Waals surface area (Å²) >= 11 is 0. The highest BCUT2D eigenvalue weighted by Gasteiger charge is 2.55. The van der Waals surface area contributed by atoms with Crippen LogP contribution in [0.3, 0.4) is 0 Å². The summed E-state index contributed by atoms with van der Waals surface area (Å²) in [5.41, 5.74) is 0.243.